The Kier molecular flexibility index (Phi) is 3.99. The molecule has 7 nitrogen and oxygen atoms in total. The van der Waals surface area contributed by atoms with E-state index in [-0.39, 0.29) is 18.0 Å². The van der Waals surface area contributed by atoms with Gasteiger partial charge in [0, 0.05) is 12.1 Å². The summed E-state index contributed by atoms with van der Waals surface area (Å²) in [6.45, 7) is 0.0824. The lowest BCUT2D eigenvalue weighted by Crippen LogP contribution is -2.02. The van der Waals surface area contributed by atoms with Crippen molar-refractivity contribution in [3.63, 3.8) is 0 Å². The van der Waals surface area contributed by atoms with Crippen molar-refractivity contribution in [2.75, 3.05) is 12.8 Å². The van der Waals surface area contributed by atoms with Gasteiger partial charge < -0.3 is 15.2 Å². The second-order valence-electron chi connectivity index (χ2n) is 3.93. The van der Waals surface area contributed by atoms with Crippen molar-refractivity contribution in [3.05, 3.63) is 52.2 Å². The molecule has 0 aliphatic carbocycles. The van der Waals surface area contributed by atoms with E-state index in [0.29, 0.717) is 17.3 Å². The predicted molar refractivity (Wildman–Crippen MR) is 72.6 cm³/mol. The van der Waals surface area contributed by atoms with Gasteiger partial charge in [-0.25, -0.2) is 4.98 Å². The van der Waals surface area contributed by atoms with Crippen molar-refractivity contribution in [2.24, 2.45) is 0 Å². The van der Waals surface area contributed by atoms with Crippen LogP contribution in [0.5, 0.6) is 11.5 Å². The summed E-state index contributed by atoms with van der Waals surface area (Å²) in [4.78, 5) is 14.5. The standard InChI is InChI=1S/C13H13N3O4/c1-19-10-5-6-11(16(17)18)12(7-10)20-8-9-3-2-4-13(14)15-9/h2-7H,8H2,1H3,(H2,14,15). The second kappa shape index (κ2) is 5.87. The lowest BCUT2D eigenvalue weighted by atomic mass is 10.3. The van der Waals surface area contributed by atoms with Gasteiger partial charge in [-0.1, -0.05) is 6.07 Å². The molecule has 7 heteroatoms. The molecule has 0 atom stereocenters. The molecule has 0 aliphatic heterocycles. The van der Waals surface area contributed by atoms with Crippen LogP contribution in [0.4, 0.5) is 11.5 Å². The second-order valence-corrected chi connectivity index (χ2v) is 3.93. The van der Waals surface area contributed by atoms with E-state index in [2.05, 4.69) is 4.98 Å². The van der Waals surface area contributed by atoms with Gasteiger partial charge in [-0.2, -0.15) is 0 Å². The summed E-state index contributed by atoms with van der Waals surface area (Å²) in [5.41, 5.74) is 6.01. The summed E-state index contributed by atoms with van der Waals surface area (Å²) >= 11 is 0. The van der Waals surface area contributed by atoms with Crippen molar-refractivity contribution in [1.29, 1.82) is 0 Å². The van der Waals surface area contributed by atoms with Gasteiger partial charge in [0.1, 0.15) is 18.2 Å². The highest BCUT2D eigenvalue weighted by atomic mass is 16.6. The molecule has 0 radical (unpaired) electrons. The Hall–Kier alpha value is -2.83. The molecule has 1 aromatic heterocycles. The Balaban J connectivity index is 2.21. The van der Waals surface area contributed by atoms with Gasteiger partial charge >= 0.3 is 5.69 Å². The fourth-order valence-electron chi connectivity index (χ4n) is 1.62. The first-order chi connectivity index (χ1) is 9.60. The van der Waals surface area contributed by atoms with E-state index in [1.807, 2.05) is 0 Å². The maximum atomic E-state index is 10.9. The zero-order valence-corrected chi connectivity index (χ0v) is 10.8. The van der Waals surface area contributed by atoms with E-state index in [4.69, 9.17) is 15.2 Å². The normalized spacial score (nSPS) is 10.1. The molecule has 1 aromatic carbocycles. The third kappa shape index (κ3) is 3.14. The van der Waals surface area contributed by atoms with Crippen LogP contribution in [0.15, 0.2) is 36.4 Å². The number of hydrogen-bond acceptors (Lipinski definition) is 6. The summed E-state index contributed by atoms with van der Waals surface area (Å²) in [6.07, 6.45) is 0. The number of methoxy groups -OCH3 is 1. The Morgan fingerprint density at radius 2 is 2.15 bits per heavy atom. The Bertz CT molecular complexity index is 631. The number of nitrogen functional groups attached to an aromatic ring is 1. The van der Waals surface area contributed by atoms with Crippen molar-refractivity contribution in [1.82, 2.24) is 4.98 Å². The lowest BCUT2D eigenvalue weighted by Gasteiger charge is -2.08. The van der Waals surface area contributed by atoms with E-state index >= 15 is 0 Å². The van der Waals surface area contributed by atoms with Crippen LogP contribution in [-0.2, 0) is 6.61 Å². The molecular weight excluding hydrogens is 262 g/mol. The monoisotopic (exact) mass is 275 g/mol. The van der Waals surface area contributed by atoms with Gasteiger partial charge in [0.05, 0.1) is 17.7 Å². The average molecular weight is 275 g/mol. The molecule has 0 amide bonds. The highest BCUT2D eigenvalue weighted by molar-refractivity contribution is 5.50. The minimum atomic E-state index is -0.512. The Morgan fingerprint density at radius 3 is 2.80 bits per heavy atom. The molecule has 2 rings (SSSR count). The number of nitrogens with zero attached hydrogens (tertiary/aromatic N) is 2. The van der Waals surface area contributed by atoms with Crippen LogP contribution in [0.25, 0.3) is 0 Å². The van der Waals surface area contributed by atoms with Crippen LogP contribution < -0.4 is 15.2 Å². The van der Waals surface area contributed by atoms with Crippen molar-refractivity contribution in [3.8, 4) is 11.5 Å². The molecule has 0 aliphatic rings. The summed E-state index contributed by atoms with van der Waals surface area (Å²) in [6, 6.07) is 9.41. The van der Waals surface area contributed by atoms with Crippen molar-refractivity contribution in [2.45, 2.75) is 6.61 Å². The molecule has 0 bridgehead atoms. The fraction of sp³-hybridized carbons (Fsp3) is 0.154. The number of benzene rings is 1. The van der Waals surface area contributed by atoms with Gasteiger partial charge in [-0.05, 0) is 18.2 Å². The van der Waals surface area contributed by atoms with Gasteiger partial charge in [-0.3, -0.25) is 10.1 Å². The number of nitro benzene ring substituents is 1. The predicted octanol–water partition coefficient (Wildman–Crippen LogP) is 2.16. The van der Waals surface area contributed by atoms with Crippen LogP contribution in [-0.4, -0.2) is 17.0 Å². The van der Waals surface area contributed by atoms with Crippen molar-refractivity contribution < 1.29 is 14.4 Å². The van der Waals surface area contributed by atoms with Crippen LogP contribution in [0.3, 0.4) is 0 Å². The molecule has 1 heterocycles. The summed E-state index contributed by atoms with van der Waals surface area (Å²) < 4.78 is 10.5. The molecule has 104 valence electrons. The molecule has 0 saturated heterocycles. The fourth-order valence-corrected chi connectivity index (χ4v) is 1.62. The number of nitrogens with two attached hydrogens (primary N) is 1. The van der Waals surface area contributed by atoms with E-state index in [9.17, 15) is 10.1 Å². The molecule has 20 heavy (non-hydrogen) atoms. The molecule has 0 saturated carbocycles. The topological polar surface area (TPSA) is 101 Å². The van der Waals surface area contributed by atoms with E-state index < -0.39 is 4.92 Å². The lowest BCUT2D eigenvalue weighted by molar-refractivity contribution is -0.386. The molecule has 2 N–H and O–H groups in total. The van der Waals surface area contributed by atoms with Crippen LogP contribution in [0.1, 0.15) is 5.69 Å². The number of ether oxygens (including phenoxy) is 2. The minimum absolute atomic E-state index is 0.0824. The van der Waals surface area contributed by atoms with E-state index in [0.717, 1.165) is 0 Å². The van der Waals surface area contributed by atoms with Gasteiger partial charge in [0.2, 0.25) is 5.75 Å². The van der Waals surface area contributed by atoms with Crippen molar-refractivity contribution >= 4 is 11.5 Å². The highest BCUT2D eigenvalue weighted by Gasteiger charge is 2.16. The van der Waals surface area contributed by atoms with E-state index in [1.54, 1.807) is 18.2 Å². The summed E-state index contributed by atoms with van der Waals surface area (Å²) in [5, 5.41) is 10.9. The summed E-state index contributed by atoms with van der Waals surface area (Å²) in [5.74, 6) is 0.968. The first kappa shape index (κ1) is 13.6. The average Bonchev–Trinajstić information content (AvgIpc) is 2.44. The van der Waals surface area contributed by atoms with E-state index in [1.165, 1.54) is 25.3 Å². The zero-order chi connectivity index (χ0) is 14.5. The zero-order valence-electron chi connectivity index (χ0n) is 10.8. The van der Waals surface area contributed by atoms with Crippen LogP contribution in [0.2, 0.25) is 0 Å². The Morgan fingerprint density at radius 1 is 1.35 bits per heavy atom. The first-order valence-corrected chi connectivity index (χ1v) is 5.77. The number of rotatable bonds is 5. The number of nitro groups is 1. The largest absolute Gasteiger partial charge is 0.497 e. The number of anilines is 1. The third-order valence-corrected chi connectivity index (χ3v) is 2.57. The van der Waals surface area contributed by atoms with Crippen LogP contribution in [0, 0.1) is 10.1 Å². The van der Waals surface area contributed by atoms with Gasteiger partial charge in [0.25, 0.3) is 0 Å². The Labute approximate surface area is 115 Å². The molecule has 0 unspecified atom stereocenters. The number of pyridine rings is 1. The SMILES string of the molecule is COc1ccc([N+](=O)[O-])c(OCc2cccc(N)n2)c1. The molecule has 2 aromatic rings. The number of hydrogen-bond donors (Lipinski definition) is 1. The summed E-state index contributed by atoms with van der Waals surface area (Å²) in [7, 11) is 1.48. The quantitative estimate of drug-likeness (QED) is 0.662. The van der Waals surface area contributed by atoms with Gasteiger partial charge in [0.15, 0.2) is 0 Å². The number of aromatic nitrogens is 1. The smallest absolute Gasteiger partial charge is 0.311 e. The van der Waals surface area contributed by atoms with Crippen LogP contribution >= 0.6 is 0 Å². The first-order valence-electron chi connectivity index (χ1n) is 5.77. The minimum Gasteiger partial charge on any atom is -0.497 e. The maximum absolute atomic E-state index is 10.9. The third-order valence-electron chi connectivity index (χ3n) is 2.57. The highest BCUT2D eigenvalue weighted by Crippen LogP contribution is 2.31. The molecule has 0 fully saturated rings. The molecule has 0 spiro atoms. The maximum Gasteiger partial charge on any atom is 0.311 e. The molecular formula is C13H13N3O4. The van der Waals surface area contributed by atoms with Gasteiger partial charge in [-0.15, -0.1) is 0 Å².